The molecule has 2 N–H and O–H groups in total. The van der Waals surface area contributed by atoms with Crippen LogP contribution in [-0.4, -0.2) is 37.0 Å². The highest BCUT2D eigenvalue weighted by atomic mass is 16.5. The van der Waals surface area contributed by atoms with Crippen molar-refractivity contribution in [1.82, 2.24) is 15.5 Å². The quantitative estimate of drug-likeness (QED) is 0.773. The van der Waals surface area contributed by atoms with Gasteiger partial charge in [-0.25, -0.2) is 0 Å². The van der Waals surface area contributed by atoms with Crippen LogP contribution in [0.3, 0.4) is 0 Å². The Morgan fingerprint density at radius 1 is 1.50 bits per heavy atom. The van der Waals surface area contributed by atoms with E-state index < -0.39 is 0 Å². The molecular formula is C10H18N4O2. The summed E-state index contributed by atoms with van der Waals surface area (Å²) in [6, 6.07) is 0.571. The molecule has 1 aliphatic rings. The van der Waals surface area contributed by atoms with Gasteiger partial charge in [-0.1, -0.05) is 5.10 Å². The van der Waals surface area contributed by atoms with Gasteiger partial charge in [0.05, 0.1) is 12.6 Å². The van der Waals surface area contributed by atoms with E-state index in [1.54, 1.807) is 0 Å². The molecule has 16 heavy (non-hydrogen) atoms. The summed E-state index contributed by atoms with van der Waals surface area (Å²) in [6.45, 7) is 4.48. The van der Waals surface area contributed by atoms with Gasteiger partial charge in [0.1, 0.15) is 0 Å². The monoisotopic (exact) mass is 226 g/mol. The normalized spacial score (nSPS) is 22.2. The van der Waals surface area contributed by atoms with Gasteiger partial charge < -0.3 is 19.8 Å². The van der Waals surface area contributed by atoms with Gasteiger partial charge in [0, 0.05) is 19.1 Å². The van der Waals surface area contributed by atoms with Crippen LogP contribution in [0, 0.1) is 5.92 Å². The van der Waals surface area contributed by atoms with Crippen molar-refractivity contribution in [3.05, 3.63) is 5.89 Å². The minimum atomic E-state index is 0.0814. The number of aromatic nitrogens is 2. The predicted octanol–water partition coefficient (Wildman–Crippen LogP) is 0.798. The molecule has 2 atom stereocenters. The molecule has 6 heteroatoms. The number of ether oxygens (including phenoxy) is 1. The maximum atomic E-state index is 5.46. The van der Waals surface area contributed by atoms with E-state index in [1.165, 1.54) is 0 Å². The van der Waals surface area contributed by atoms with Crippen molar-refractivity contribution in [2.24, 2.45) is 5.92 Å². The van der Waals surface area contributed by atoms with Crippen LogP contribution in [-0.2, 0) is 4.74 Å². The first-order valence-corrected chi connectivity index (χ1v) is 5.62. The van der Waals surface area contributed by atoms with Crippen molar-refractivity contribution in [2.75, 3.05) is 32.1 Å². The second kappa shape index (κ2) is 5.27. The zero-order valence-electron chi connectivity index (χ0n) is 9.69. The van der Waals surface area contributed by atoms with E-state index in [1.807, 2.05) is 14.0 Å². The molecule has 0 saturated carbocycles. The van der Waals surface area contributed by atoms with E-state index in [9.17, 15) is 0 Å². The summed E-state index contributed by atoms with van der Waals surface area (Å²) < 4.78 is 10.7. The Kier molecular flexibility index (Phi) is 3.74. The van der Waals surface area contributed by atoms with Crippen LogP contribution >= 0.6 is 0 Å². The average Bonchev–Trinajstić information content (AvgIpc) is 2.96. The van der Waals surface area contributed by atoms with E-state index in [2.05, 4.69) is 20.8 Å². The lowest BCUT2D eigenvalue weighted by atomic mass is 10.1. The number of hydrogen-bond acceptors (Lipinski definition) is 6. The molecular weight excluding hydrogens is 208 g/mol. The van der Waals surface area contributed by atoms with Crippen LogP contribution in [0.15, 0.2) is 4.42 Å². The van der Waals surface area contributed by atoms with Gasteiger partial charge in [0.2, 0.25) is 5.89 Å². The summed E-state index contributed by atoms with van der Waals surface area (Å²) in [4.78, 5) is 0. The van der Waals surface area contributed by atoms with Crippen molar-refractivity contribution in [3.8, 4) is 0 Å². The van der Waals surface area contributed by atoms with Crippen molar-refractivity contribution in [1.29, 1.82) is 0 Å². The van der Waals surface area contributed by atoms with Gasteiger partial charge in [-0.3, -0.25) is 0 Å². The Hall–Kier alpha value is -1.14. The second-order valence-electron chi connectivity index (χ2n) is 4.07. The molecule has 1 aromatic rings. The van der Waals surface area contributed by atoms with Crippen LogP contribution in [0.2, 0.25) is 0 Å². The van der Waals surface area contributed by atoms with Crippen molar-refractivity contribution in [3.63, 3.8) is 0 Å². The van der Waals surface area contributed by atoms with E-state index >= 15 is 0 Å². The minimum absolute atomic E-state index is 0.0814. The Labute approximate surface area is 94.8 Å². The number of rotatable bonds is 5. The third-order valence-corrected chi connectivity index (χ3v) is 2.81. The maximum absolute atomic E-state index is 5.46. The molecule has 2 rings (SSSR count). The lowest BCUT2D eigenvalue weighted by Crippen LogP contribution is -2.14. The smallest absolute Gasteiger partial charge is 0.315 e. The molecule has 6 nitrogen and oxygen atoms in total. The highest BCUT2D eigenvalue weighted by Gasteiger charge is 2.17. The summed E-state index contributed by atoms with van der Waals surface area (Å²) >= 11 is 0. The average molecular weight is 226 g/mol. The highest BCUT2D eigenvalue weighted by molar-refractivity contribution is 5.17. The molecule has 0 radical (unpaired) electrons. The third-order valence-electron chi connectivity index (χ3n) is 2.81. The maximum Gasteiger partial charge on any atom is 0.315 e. The fourth-order valence-corrected chi connectivity index (χ4v) is 1.58. The number of nitrogens with zero attached hydrogens (tertiary/aromatic N) is 2. The van der Waals surface area contributed by atoms with E-state index in [0.717, 1.165) is 26.2 Å². The van der Waals surface area contributed by atoms with Crippen LogP contribution in [0.25, 0.3) is 0 Å². The Balaban J connectivity index is 1.82. The molecule has 0 bridgehead atoms. The van der Waals surface area contributed by atoms with Crippen LogP contribution in [0.4, 0.5) is 6.01 Å². The van der Waals surface area contributed by atoms with E-state index in [-0.39, 0.29) is 6.04 Å². The molecule has 90 valence electrons. The summed E-state index contributed by atoms with van der Waals surface area (Å²) in [5.74, 6) is 1.16. The molecule has 1 saturated heterocycles. The highest BCUT2D eigenvalue weighted by Crippen LogP contribution is 2.16. The van der Waals surface area contributed by atoms with Crippen LogP contribution in [0.1, 0.15) is 25.3 Å². The zero-order chi connectivity index (χ0) is 11.4. The lowest BCUT2D eigenvalue weighted by Gasteiger charge is -2.06. The molecule has 1 fully saturated rings. The fourth-order valence-electron chi connectivity index (χ4n) is 1.58. The van der Waals surface area contributed by atoms with Gasteiger partial charge in [0.15, 0.2) is 0 Å². The molecule has 1 aromatic heterocycles. The third kappa shape index (κ3) is 2.70. The summed E-state index contributed by atoms with van der Waals surface area (Å²) in [7, 11) is 1.86. The van der Waals surface area contributed by atoms with Crippen LogP contribution in [0.5, 0.6) is 0 Å². The number of hydrogen-bond donors (Lipinski definition) is 2. The first-order chi connectivity index (χ1) is 7.79. The van der Waals surface area contributed by atoms with Crippen LogP contribution < -0.4 is 10.6 Å². The Morgan fingerprint density at radius 3 is 3.06 bits per heavy atom. The van der Waals surface area contributed by atoms with Gasteiger partial charge in [-0.15, -0.1) is 5.10 Å². The number of nitrogens with one attached hydrogen (secondary N) is 2. The lowest BCUT2D eigenvalue weighted by molar-refractivity contribution is 0.187. The summed E-state index contributed by atoms with van der Waals surface area (Å²) in [6.07, 6.45) is 1.10. The Morgan fingerprint density at radius 2 is 2.38 bits per heavy atom. The minimum Gasteiger partial charge on any atom is -0.406 e. The first kappa shape index (κ1) is 11.3. The first-order valence-electron chi connectivity index (χ1n) is 5.62. The molecule has 2 unspecified atom stereocenters. The van der Waals surface area contributed by atoms with Gasteiger partial charge in [-0.05, 0) is 20.4 Å². The van der Waals surface area contributed by atoms with Gasteiger partial charge >= 0.3 is 6.01 Å². The summed E-state index contributed by atoms with van der Waals surface area (Å²) in [5, 5.41) is 14.1. The molecule has 0 amide bonds. The fraction of sp³-hybridized carbons (Fsp3) is 0.800. The topological polar surface area (TPSA) is 72.2 Å². The second-order valence-corrected chi connectivity index (χ2v) is 4.07. The predicted molar refractivity (Wildman–Crippen MR) is 59.2 cm³/mol. The van der Waals surface area contributed by atoms with Crippen molar-refractivity contribution in [2.45, 2.75) is 19.4 Å². The van der Waals surface area contributed by atoms with Gasteiger partial charge in [-0.2, -0.15) is 0 Å². The van der Waals surface area contributed by atoms with Gasteiger partial charge in [0.25, 0.3) is 0 Å². The van der Waals surface area contributed by atoms with Crippen molar-refractivity contribution >= 4 is 6.01 Å². The largest absolute Gasteiger partial charge is 0.406 e. The number of anilines is 1. The standard InChI is InChI=1S/C10H18N4O2/c1-7(11-2)9-13-14-10(16-9)12-5-8-3-4-15-6-8/h7-8,11H,3-6H2,1-2H3,(H,12,14). The van der Waals surface area contributed by atoms with Crippen molar-refractivity contribution < 1.29 is 9.15 Å². The SMILES string of the molecule is CNC(C)c1nnc(NCC2CCOC2)o1. The molecule has 0 aliphatic carbocycles. The van der Waals surface area contributed by atoms with E-state index in [4.69, 9.17) is 9.15 Å². The molecule has 0 spiro atoms. The molecule has 1 aliphatic heterocycles. The Bertz CT molecular complexity index is 322. The van der Waals surface area contributed by atoms with E-state index in [0.29, 0.717) is 17.8 Å². The zero-order valence-corrected chi connectivity index (χ0v) is 9.69. The summed E-state index contributed by atoms with van der Waals surface area (Å²) in [5.41, 5.74) is 0. The molecule has 2 heterocycles. The molecule has 0 aromatic carbocycles.